The molecule has 1 aromatic heterocycles. The molecule has 4 rings (SSSR count). The van der Waals surface area contributed by atoms with E-state index < -0.39 is 0 Å². The second kappa shape index (κ2) is 3.30. The lowest BCUT2D eigenvalue weighted by atomic mass is 9.73. The smallest absolute Gasteiger partial charge is 0.0969 e. The minimum atomic E-state index is -0.0580. The number of hydrogen-bond donors (Lipinski definition) is 1. The Kier molecular flexibility index (Phi) is 1.95. The van der Waals surface area contributed by atoms with Gasteiger partial charge in [0.15, 0.2) is 0 Å². The molecule has 1 heterocycles. The lowest BCUT2D eigenvalue weighted by molar-refractivity contribution is 0.254. The summed E-state index contributed by atoms with van der Waals surface area (Å²) in [6.45, 7) is 0. The first kappa shape index (κ1) is 10.0. The van der Waals surface area contributed by atoms with Crippen molar-refractivity contribution in [3.8, 4) is 0 Å². The van der Waals surface area contributed by atoms with Gasteiger partial charge in [0.1, 0.15) is 0 Å². The fourth-order valence-electron chi connectivity index (χ4n) is 2.61. The van der Waals surface area contributed by atoms with Crippen LogP contribution >= 0.6 is 11.3 Å². The molecule has 2 aliphatic carbocycles. The molecule has 2 aliphatic rings. The van der Waals surface area contributed by atoms with E-state index in [9.17, 15) is 0 Å². The average molecular weight is 244 g/mol. The predicted molar refractivity (Wildman–Crippen MR) is 71.3 cm³/mol. The summed E-state index contributed by atoms with van der Waals surface area (Å²) in [4.78, 5) is 4.77. The predicted octanol–water partition coefficient (Wildman–Crippen LogP) is 3.51. The van der Waals surface area contributed by atoms with Gasteiger partial charge in [-0.25, -0.2) is 4.98 Å². The van der Waals surface area contributed by atoms with E-state index in [4.69, 9.17) is 10.7 Å². The maximum absolute atomic E-state index is 6.37. The average Bonchev–Trinajstić information content (AvgIpc) is 3.05. The van der Waals surface area contributed by atoms with Gasteiger partial charge in [0.25, 0.3) is 0 Å². The van der Waals surface area contributed by atoms with Crippen LogP contribution in [0.2, 0.25) is 0 Å². The zero-order valence-corrected chi connectivity index (χ0v) is 10.6. The SMILES string of the molecule is NC1(c2ccc3sc(C4CC4)nc3c2)CCC1. The summed E-state index contributed by atoms with van der Waals surface area (Å²) < 4.78 is 1.32. The number of benzene rings is 1. The van der Waals surface area contributed by atoms with Crippen LogP contribution in [-0.4, -0.2) is 4.98 Å². The van der Waals surface area contributed by atoms with E-state index in [1.54, 1.807) is 0 Å². The van der Waals surface area contributed by atoms with Gasteiger partial charge in [-0.05, 0) is 49.8 Å². The molecule has 0 atom stereocenters. The number of nitrogens with zero attached hydrogens (tertiary/aromatic N) is 1. The monoisotopic (exact) mass is 244 g/mol. The van der Waals surface area contributed by atoms with Gasteiger partial charge in [0.2, 0.25) is 0 Å². The first-order valence-corrected chi connectivity index (χ1v) is 7.26. The summed E-state index contributed by atoms with van der Waals surface area (Å²) in [6.07, 6.45) is 6.16. The van der Waals surface area contributed by atoms with Gasteiger partial charge < -0.3 is 5.73 Å². The molecule has 0 amide bonds. The molecular formula is C14H16N2S. The topological polar surface area (TPSA) is 38.9 Å². The van der Waals surface area contributed by atoms with Gasteiger partial charge in [-0.2, -0.15) is 0 Å². The van der Waals surface area contributed by atoms with E-state index in [1.165, 1.54) is 34.5 Å². The van der Waals surface area contributed by atoms with Crippen LogP contribution in [0.5, 0.6) is 0 Å². The van der Waals surface area contributed by atoms with E-state index in [-0.39, 0.29) is 5.54 Å². The van der Waals surface area contributed by atoms with Crippen molar-refractivity contribution in [3.05, 3.63) is 28.8 Å². The largest absolute Gasteiger partial charge is 0.321 e. The van der Waals surface area contributed by atoms with E-state index >= 15 is 0 Å². The highest BCUT2D eigenvalue weighted by atomic mass is 32.1. The van der Waals surface area contributed by atoms with Crippen LogP contribution in [0.1, 0.15) is 48.6 Å². The zero-order valence-electron chi connectivity index (χ0n) is 9.78. The van der Waals surface area contributed by atoms with Crippen molar-refractivity contribution in [1.29, 1.82) is 0 Å². The molecule has 2 fully saturated rings. The highest BCUT2D eigenvalue weighted by molar-refractivity contribution is 7.18. The summed E-state index contributed by atoms with van der Waals surface area (Å²) >= 11 is 1.86. The Morgan fingerprint density at radius 2 is 2.12 bits per heavy atom. The van der Waals surface area contributed by atoms with Gasteiger partial charge in [-0.15, -0.1) is 11.3 Å². The second-order valence-electron chi connectivity index (χ2n) is 5.52. The molecule has 0 unspecified atom stereocenters. The zero-order chi connectivity index (χ0) is 11.5. The van der Waals surface area contributed by atoms with Crippen molar-refractivity contribution < 1.29 is 0 Å². The Morgan fingerprint density at radius 3 is 2.76 bits per heavy atom. The van der Waals surface area contributed by atoms with Crippen molar-refractivity contribution in [2.75, 3.05) is 0 Å². The lowest BCUT2D eigenvalue weighted by Gasteiger charge is -2.38. The lowest BCUT2D eigenvalue weighted by Crippen LogP contribution is -2.43. The van der Waals surface area contributed by atoms with Gasteiger partial charge in [-0.1, -0.05) is 6.07 Å². The van der Waals surface area contributed by atoms with Crippen molar-refractivity contribution in [2.24, 2.45) is 5.73 Å². The maximum atomic E-state index is 6.37. The van der Waals surface area contributed by atoms with Crippen LogP contribution in [0.3, 0.4) is 0 Å². The number of hydrogen-bond acceptors (Lipinski definition) is 3. The third-order valence-electron chi connectivity index (χ3n) is 4.15. The van der Waals surface area contributed by atoms with E-state index in [2.05, 4.69) is 18.2 Å². The van der Waals surface area contributed by atoms with Gasteiger partial charge in [0.05, 0.1) is 15.2 Å². The van der Waals surface area contributed by atoms with Crippen molar-refractivity contribution in [1.82, 2.24) is 4.98 Å². The standard InChI is InChI=1S/C14H16N2S/c15-14(6-1-7-14)10-4-5-12-11(8-10)16-13(17-12)9-2-3-9/h4-5,8-9H,1-3,6-7,15H2. The number of fused-ring (bicyclic) bond motifs is 1. The maximum Gasteiger partial charge on any atom is 0.0969 e. The van der Waals surface area contributed by atoms with Crippen molar-refractivity contribution in [3.63, 3.8) is 0 Å². The quantitative estimate of drug-likeness (QED) is 0.878. The Hall–Kier alpha value is -0.930. The minimum Gasteiger partial charge on any atom is -0.321 e. The minimum absolute atomic E-state index is 0.0580. The highest BCUT2D eigenvalue weighted by Gasteiger charge is 2.34. The highest BCUT2D eigenvalue weighted by Crippen LogP contribution is 2.44. The van der Waals surface area contributed by atoms with Crippen LogP contribution in [-0.2, 0) is 5.54 Å². The summed E-state index contributed by atoms with van der Waals surface area (Å²) in [5.41, 5.74) is 8.75. The molecule has 2 aromatic rings. The molecule has 17 heavy (non-hydrogen) atoms. The van der Waals surface area contributed by atoms with Gasteiger partial charge in [0, 0.05) is 11.5 Å². The van der Waals surface area contributed by atoms with Crippen LogP contribution in [0, 0.1) is 0 Å². The van der Waals surface area contributed by atoms with Crippen LogP contribution in [0.25, 0.3) is 10.2 Å². The number of nitrogens with two attached hydrogens (primary N) is 1. The fraction of sp³-hybridized carbons (Fsp3) is 0.500. The third-order valence-corrected chi connectivity index (χ3v) is 5.35. The fourth-order valence-corrected chi connectivity index (χ4v) is 3.72. The first-order chi connectivity index (χ1) is 8.24. The molecule has 0 aliphatic heterocycles. The molecule has 2 saturated carbocycles. The molecule has 2 N–H and O–H groups in total. The normalized spacial score (nSPS) is 22.6. The summed E-state index contributed by atoms with van der Waals surface area (Å²) in [5, 5.41) is 1.33. The Morgan fingerprint density at radius 1 is 1.29 bits per heavy atom. The van der Waals surface area contributed by atoms with E-state index in [0.717, 1.165) is 24.3 Å². The van der Waals surface area contributed by atoms with Crippen LogP contribution in [0.15, 0.2) is 18.2 Å². The van der Waals surface area contributed by atoms with Crippen LogP contribution in [0.4, 0.5) is 0 Å². The van der Waals surface area contributed by atoms with E-state index in [0.29, 0.717) is 0 Å². The molecular weight excluding hydrogens is 228 g/mol. The van der Waals surface area contributed by atoms with Gasteiger partial charge >= 0.3 is 0 Å². The Balaban J connectivity index is 1.80. The molecule has 1 aromatic carbocycles. The summed E-state index contributed by atoms with van der Waals surface area (Å²) in [6, 6.07) is 6.63. The third kappa shape index (κ3) is 1.53. The van der Waals surface area contributed by atoms with Crippen molar-refractivity contribution in [2.45, 2.75) is 43.6 Å². The molecule has 0 spiro atoms. The second-order valence-corrected chi connectivity index (χ2v) is 6.58. The number of aromatic nitrogens is 1. The first-order valence-electron chi connectivity index (χ1n) is 6.44. The summed E-state index contributed by atoms with van der Waals surface area (Å²) in [7, 11) is 0. The molecule has 0 radical (unpaired) electrons. The Bertz CT molecular complexity index is 579. The number of thiazole rings is 1. The molecule has 3 heteroatoms. The molecule has 2 nitrogen and oxygen atoms in total. The molecule has 0 saturated heterocycles. The summed E-state index contributed by atoms with van der Waals surface area (Å²) in [5.74, 6) is 0.756. The molecule has 88 valence electrons. The van der Waals surface area contributed by atoms with E-state index in [1.807, 2.05) is 11.3 Å². The molecule has 0 bridgehead atoms. The van der Waals surface area contributed by atoms with Crippen molar-refractivity contribution >= 4 is 21.6 Å². The Labute approximate surface area is 105 Å². The van der Waals surface area contributed by atoms with Crippen LogP contribution < -0.4 is 5.73 Å². The number of rotatable bonds is 2. The van der Waals surface area contributed by atoms with Gasteiger partial charge in [-0.3, -0.25) is 0 Å².